The molecule has 648 valence electrons. The van der Waals surface area contributed by atoms with Gasteiger partial charge in [-0.2, -0.15) is 0 Å². The predicted molar refractivity (Wildman–Crippen MR) is 534 cm³/mol. The van der Waals surface area contributed by atoms with E-state index in [-0.39, 0.29) is 70.0 Å². The van der Waals surface area contributed by atoms with Crippen molar-refractivity contribution >= 4 is 22.1 Å². The number of aryl methyl sites for hydroxylation is 3. The summed E-state index contributed by atoms with van der Waals surface area (Å²) in [5.74, 6) is 0.544. The van der Waals surface area contributed by atoms with Crippen LogP contribution in [-0.2, 0) is 58.4 Å². The van der Waals surface area contributed by atoms with E-state index < -0.39 is 18.2 Å². The van der Waals surface area contributed by atoms with Crippen molar-refractivity contribution in [2.75, 3.05) is 0 Å². The summed E-state index contributed by atoms with van der Waals surface area (Å²) in [6.07, 6.45) is 3.71. The van der Waals surface area contributed by atoms with Crippen molar-refractivity contribution in [1.29, 1.82) is 0 Å². The fourth-order valence-corrected chi connectivity index (χ4v) is 17.7. The summed E-state index contributed by atoms with van der Waals surface area (Å²) >= 11 is 0. The summed E-state index contributed by atoms with van der Waals surface area (Å²) in [5.41, 5.74) is 31.2. The molecule has 0 radical (unpaired) electrons. The van der Waals surface area contributed by atoms with Crippen LogP contribution >= 0.6 is 0 Å². The fraction of sp³-hybridized carbons (Fsp3) is 0.150. The van der Waals surface area contributed by atoms with Crippen molar-refractivity contribution in [3.8, 4) is 168 Å². The normalized spacial score (nSPS) is 12.3. The van der Waals surface area contributed by atoms with Gasteiger partial charge in [0.1, 0.15) is 23.1 Å². The van der Waals surface area contributed by atoms with Crippen molar-refractivity contribution in [3.05, 3.63) is 409 Å². The summed E-state index contributed by atoms with van der Waals surface area (Å²) < 4.78 is 40.8. The number of hydrogen-bond donors (Lipinski definition) is 2. The number of aromatic nitrogens is 6. The number of phenolic OH excluding ortho intramolecular Hbond substituents is 2. The number of imidazole rings is 2. The molecule has 8 nitrogen and oxygen atoms in total. The number of pyridine rings is 2. The van der Waals surface area contributed by atoms with E-state index in [9.17, 15) is 14.3 Å². The number of aromatic hydroxyl groups is 2. The third kappa shape index (κ3) is 18.2. The molecule has 19 aromatic rings. The first-order valence-corrected chi connectivity index (χ1v) is 43.8. The van der Waals surface area contributed by atoms with E-state index in [2.05, 4.69) is 274 Å². The summed E-state index contributed by atoms with van der Waals surface area (Å²) in [6, 6.07) is 125. The third-order valence-corrected chi connectivity index (χ3v) is 24.2. The number of nitrogens with zero attached hydrogens (tertiary/aromatic N) is 6. The number of benzene rings is 15. The first kappa shape index (κ1) is 84.7. The Morgan fingerprint density at radius 2 is 0.700 bits per heavy atom. The molecule has 0 bridgehead atoms. The molecule has 4 heterocycles. The second-order valence-corrected chi connectivity index (χ2v) is 36.7. The molecule has 19 rings (SSSR count). The smallest absolute Gasteiger partial charge is 0.148 e. The van der Waals surface area contributed by atoms with Gasteiger partial charge in [0, 0.05) is 88.1 Å². The molecule has 0 aliphatic carbocycles. The second-order valence-electron chi connectivity index (χ2n) is 36.7. The Bertz CT molecular complexity index is 7560. The molecule has 0 aliphatic heterocycles. The van der Waals surface area contributed by atoms with Gasteiger partial charge in [0.25, 0.3) is 0 Å². The Kier molecular flexibility index (Phi) is 24.3. The molecule has 4 aromatic heterocycles. The Hall–Kier alpha value is -13.5. The first-order chi connectivity index (χ1) is 63.3. The summed E-state index contributed by atoms with van der Waals surface area (Å²) in [4.78, 5) is 20.8. The van der Waals surface area contributed by atoms with Crippen molar-refractivity contribution in [3.63, 3.8) is 0 Å². The molecule has 0 unspecified atom stereocenters. The van der Waals surface area contributed by atoms with Gasteiger partial charge >= 0.3 is 0 Å². The Morgan fingerprint density at radius 3 is 1.12 bits per heavy atom. The van der Waals surface area contributed by atoms with E-state index in [1.54, 1.807) is 0 Å². The van der Waals surface area contributed by atoms with E-state index >= 15 is 0 Å². The third-order valence-electron chi connectivity index (χ3n) is 24.2. The Morgan fingerprint density at radius 1 is 0.323 bits per heavy atom. The van der Waals surface area contributed by atoms with E-state index in [1.807, 2.05) is 195 Å². The van der Waals surface area contributed by atoms with Gasteiger partial charge < -0.3 is 10.2 Å². The molecule has 0 saturated carbocycles. The summed E-state index contributed by atoms with van der Waals surface area (Å²) in [7, 11) is 0. The van der Waals surface area contributed by atoms with E-state index in [4.69, 9.17) is 21.3 Å². The van der Waals surface area contributed by atoms with Crippen molar-refractivity contribution in [2.24, 2.45) is 0 Å². The van der Waals surface area contributed by atoms with Crippen molar-refractivity contribution in [2.45, 2.75) is 119 Å². The molecule has 0 saturated heterocycles. The van der Waals surface area contributed by atoms with Gasteiger partial charge in [0.05, 0.1) is 44.6 Å². The monoisotopic (exact) mass is 2050 g/mol. The summed E-state index contributed by atoms with van der Waals surface area (Å²) in [5, 5.41) is 24.7. The van der Waals surface area contributed by atoms with Crippen LogP contribution in [0.25, 0.3) is 179 Å². The quantitative estimate of drug-likeness (QED) is 0.0935. The van der Waals surface area contributed by atoms with E-state index in [0.29, 0.717) is 39.5 Å². The SMILES string of the molecule is [2H]C(C)(C)c1ccc(-n2c(-c3cc(C)cc(C(C)(C)C)c3O)nc3c(-c4[c-]c(-c5cc(-c6ccccc6)ccn5)cc(-c5ccccc5)c4)cccc32)c(-c2ccccc2)c1.[2H]C([2H])([2H])c1cc(-c2c(-c3ccccc3)cccc2C(C)(C)C)ccc1-n1c(-c2cc(C)cc(C(C)(C)C)c2O)nc2c(-c3[c-]c(-c4cc(-c5ccccc5)ccn4)cc(-c4ccccc4)c3)cccc21.[Pt].[Pt]. The minimum atomic E-state index is -2.56. The second kappa shape index (κ2) is 37.3. The van der Waals surface area contributed by atoms with Gasteiger partial charge in [-0.3, -0.25) is 19.1 Å². The van der Waals surface area contributed by atoms with Crippen LogP contribution in [0, 0.1) is 32.8 Å². The average Bonchev–Trinajstić information content (AvgIpc) is 1.55. The number of phenols is 2. The van der Waals surface area contributed by atoms with Crippen molar-refractivity contribution < 1.29 is 57.8 Å². The number of para-hydroxylation sites is 2. The van der Waals surface area contributed by atoms with Gasteiger partial charge in [-0.05, 0) is 193 Å². The van der Waals surface area contributed by atoms with E-state index in [0.717, 1.165) is 173 Å². The van der Waals surface area contributed by atoms with Crippen LogP contribution in [0.15, 0.2) is 358 Å². The molecule has 0 spiro atoms. The Balaban J connectivity index is 0.000000194. The minimum Gasteiger partial charge on any atom is -0.507 e. The van der Waals surface area contributed by atoms with Crippen LogP contribution < -0.4 is 0 Å². The van der Waals surface area contributed by atoms with Crippen LogP contribution in [0.5, 0.6) is 11.5 Å². The topological polar surface area (TPSA) is 102 Å². The fourth-order valence-electron chi connectivity index (χ4n) is 17.7. The van der Waals surface area contributed by atoms with Crippen LogP contribution in [0.3, 0.4) is 0 Å². The zero-order chi connectivity index (χ0) is 92.3. The maximum Gasteiger partial charge on any atom is 0.148 e. The maximum atomic E-state index is 12.4. The summed E-state index contributed by atoms with van der Waals surface area (Å²) in [6.45, 7) is 24.5. The van der Waals surface area contributed by atoms with Gasteiger partial charge in [-0.25, -0.2) is 9.97 Å². The van der Waals surface area contributed by atoms with Gasteiger partial charge in [0.2, 0.25) is 0 Å². The predicted octanol–water partition coefficient (Wildman–Crippen LogP) is 31.5. The van der Waals surface area contributed by atoms with Crippen LogP contribution in [0.1, 0.15) is 126 Å². The molecular formula is C120H104N6O2Pt2-2. The molecule has 2 N–H and O–H groups in total. The molecular weight excluding hydrogens is 1950 g/mol. The molecule has 0 atom stereocenters. The molecule has 0 aliphatic rings. The van der Waals surface area contributed by atoms with Crippen LogP contribution in [-0.4, -0.2) is 39.3 Å². The van der Waals surface area contributed by atoms with Crippen LogP contribution in [0.2, 0.25) is 0 Å². The van der Waals surface area contributed by atoms with Crippen LogP contribution in [0.4, 0.5) is 0 Å². The zero-order valence-electron chi connectivity index (χ0n) is 79.3. The molecule has 15 aromatic carbocycles. The minimum absolute atomic E-state index is 0. The molecule has 10 heteroatoms. The Labute approximate surface area is 799 Å². The van der Waals surface area contributed by atoms with Gasteiger partial charge in [-0.1, -0.05) is 370 Å². The first-order valence-electron chi connectivity index (χ1n) is 45.8. The molecule has 0 fully saturated rings. The maximum absolute atomic E-state index is 12.4. The molecule has 130 heavy (non-hydrogen) atoms. The number of hydrogen-bond acceptors (Lipinski definition) is 6. The molecule has 0 amide bonds. The standard InChI is InChI=1S/C64H56N3O.C56H48N3O.2Pt/c1-41-34-53(61(68)55(35-41)64(6,7)8)62-66-60-52(49-37-48(44-22-14-10-15-23-44)38-50(39-49)56-40-46(32-33-65-56)43-20-12-9-13-21-43)27-19-29-58(60)67(62)57-31-30-47(36-42(57)2)59-51(45-24-16-11-17-25-45)26-18-28-54(59)63(3,4)5;1-36(2)41-25-26-51(47(34-41)40-21-14-9-15-22-40)59-52-24-16-23-46(53(52)58-55(59)48-29-37(3)30-49(54(48)60)56(4,5)6)44-31-43(39-19-12-8-13-20-39)32-45(33-44)50-35-42(27-28-57-50)38-17-10-7-11-18-38;;/h9-38,40,68H,1-8H3;7-32,34-36,60H,1-6H3;;/q2*-1;;/i2D3;36D;;. The average molecular weight is 2060 g/mol. The largest absolute Gasteiger partial charge is 0.507 e. The van der Waals surface area contributed by atoms with Crippen molar-refractivity contribution in [1.82, 2.24) is 29.1 Å². The van der Waals surface area contributed by atoms with Gasteiger partial charge in [0.15, 0.2) is 0 Å². The number of fused-ring (bicyclic) bond motifs is 2. The zero-order valence-corrected chi connectivity index (χ0v) is 79.8. The van der Waals surface area contributed by atoms with E-state index in [1.165, 1.54) is 0 Å². The number of rotatable bonds is 16. The van der Waals surface area contributed by atoms with Gasteiger partial charge in [-0.15, -0.1) is 47.5 Å².